The minimum atomic E-state index is 0.214. The van der Waals surface area contributed by atoms with E-state index in [1.165, 1.54) is 18.5 Å². The number of rotatable bonds is 4. The molecule has 3 aromatic heterocycles. The van der Waals surface area contributed by atoms with Gasteiger partial charge in [0.15, 0.2) is 0 Å². The largest absolute Gasteiger partial charge is 0.369 e. The van der Waals surface area contributed by atoms with Gasteiger partial charge < -0.3 is 15.2 Å². The van der Waals surface area contributed by atoms with Crippen molar-refractivity contribution in [2.45, 2.75) is 31.7 Å². The normalized spacial score (nSPS) is 20.5. The number of carbonyl (C=O) groups is 1. The number of pyridine rings is 2. The molecule has 1 saturated carbocycles. The van der Waals surface area contributed by atoms with E-state index in [0.717, 1.165) is 41.4 Å². The van der Waals surface area contributed by atoms with Crippen molar-refractivity contribution in [1.29, 1.82) is 0 Å². The molecule has 2 aliphatic rings. The van der Waals surface area contributed by atoms with Gasteiger partial charge in [-0.2, -0.15) is 0 Å². The lowest BCUT2D eigenvalue weighted by Gasteiger charge is -2.21. The number of fused-ring (bicyclic) bond motifs is 3. The fourth-order valence-corrected chi connectivity index (χ4v) is 3.87. The van der Waals surface area contributed by atoms with Crippen LogP contribution >= 0.6 is 0 Å². The van der Waals surface area contributed by atoms with Gasteiger partial charge in [-0.1, -0.05) is 0 Å². The number of anilines is 1. The Morgan fingerprint density at radius 3 is 3.08 bits per heavy atom. The molecule has 0 radical (unpaired) electrons. The van der Waals surface area contributed by atoms with E-state index in [-0.39, 0.29) is 11.9 Å². The topological polar surface area (TPSA) is 73.9 Å². The molecule has 5 rings (SSSR count). The van der Waals surface area contributed by atoms with Crippen molar-refractivity contribution in [3.63, 3.8) is 0 Å². The molecule has 25 heavy (non-hydrogen) atoms. The van der Waals surface area contributed by atoms with Crippen molar-refractivity contribution >= 4 is 33.5 Å². The van der Waals surface area contributed by atoms with Gasteiger partial charge in [0.2, 0.25) is 5.91 Å². The van der Waals surface area contributed by atoms with Crippen LogP contribution in [0.25, 0.3) is 21.9 Å². The zero-order chi connectivity index (χ0) is 16.8. The van der Waals surface area contributed by atoms with Crippen molar-refractivity contribution in [1.82, 2.24) is 20.3 Å². The van der Waals surface area contributed by atoms with Gasteiger partial charge in [0.25, 0.3) is 0 Å². The van der Waals surface area contributed by atoms with Gasteiger partial charge >= 0.3 is 0 Å². The van der Waals surface area contributed by atoms with Crippen LogP contribution in [0.4, 0.5) is 5.69 Å². The van der Waals surface area contributed by atoms with Gasteiger partial charge in [0.05, 0.1) is 11.7 Å². The highest BCUT2D eigenvalue weighted by Gasteiger charge is 2.29. The van der Waals surface area contributed by atoms with Crippen LogP contribution in [0.5, 0.6) is 0 Å². The molecule has 1 saturated heterocycles. The van der Waals surface area contributed by atoms with Crippen molar-refractivity contribution < 1.29 is 4.79 Å². The first kappa shape index (κ1) is 14.7. The molecule has 1 aliphatic heterocycles. The van der Waals surface area contributed by atoms with Gasteiger partial charge in [-0.3, -0.25) is 9.78 Å². The summed E-state index contributed by atoms with van der Waals surface area (Å²) in [5.41, 5.74) is 2.97. The summed E-state index contributed by atoms with van der Waals surface area (Å²) in [5, 5.41) is 5.45. The first-order chi connectivity index (χ1) is 12.3. The summed E-state index contributed by atoms with van der Waals surface area (Å²) in [6.07, 6.45) is 9.70. The lowest BCUT2D eigenvalue weighted by Crippen LogP contribution is -2.37. The number of H-pyrrole nitrogens is 1. The Balaban J connectivity index is 1.41. The molecule has 1 atom stereocenters. The van der Waals surface area contributed by atoms with Crippen molar-refractivity contribution in [2.75, 3.05) is 18.0 Å². The molecule has 1 unspecified atom stereocenters. The number of hydrogen-bond donors (Lipinski definition) is 2. The quantitative estimate of drug-likeness (QED) is 0.769. The average molecular weight is 335 g/mol. The summed E-state index contributed by atoms with van der Waals surface area (Å²) >= 11 is 0. The number of amides is 1. The maximum Gasteiger partial charge on any atom is 0.220 e. The van der Waals surface area contributed by atoms with Crippen LogP contribution in [-0.2, 0) is 4.79 Å². The molecule has 2 N–H and O–H groups in total. The van der Waals surface area contributed by atoms with E-state index in [4.69, 9.17) is 0 Å². The molecule has 1 amide bonds. The van der Waals surface area contributed by atoms with Gasteiger partial charge in [-0.15, -0.1) is 0 Å². The Hall–Kier alpha value is -2.63. The van der Waals surface area contributed by atoms with Crippen LogP contribution in [0, 0.1) is 5.92 Å². The molecule has 0 spiro atoms. The predicted octanol–water partition coefficient (Wildman–Crippen LogP) is 2.61. The minimum Gasteiger partial charge on any atom is -0.369 e. The SMILES string of the molecule is O=C(CC1CC1)NC1CCN(c2ccnc3cnc4[nH]ccc4c23)C1. The number of aromatic amines is 1. The third-order valence-corrected chi connectivity index (χ3v) is 5.33. The maximum atomic E-state index is 12.1. The fraction of sp³-hybridized carbons (Fsp3) is 0.421. The third-order valence-electron chi connectivity index (χ3n) is 5.33. The Morgan fingerprint density at radius 1 is 1.28 bits per heavy atom. The second-order valence-corrected chi connectivity index (χ2v) is 7.24. The fourth-order valence-electron chi connectivity index (χ4n) is 3.87. The lowest BCUT2D eigenvalue weighted by atomic mass is 10.1. The zero-order valence-electron chi connectivity index (χ0n) is 14.0. The summed E-state index contributed by atoms with van der Waals surface area (Å²) in [6, 6.07) is 4.36. The number of carbonyl (C=O) groups excluding carboxylic acids is 1. The maximum absolute atomic E-state index is 12.1. The van der Waals surface area contributed by atoms with E-state index in [1.54, 1.807) is 0 Å². The van der Waals surface area contributed by atoms with Gasteiger partial charge in [-0.25, -0.2) is 4.98 Å². The highest BCUT2D eigenvalue weighted by molar-refractivity contribution is 6.10. The predicted molar refractivity (Wildman–Crippen MR) is 97.5 cm³/mol. The van der Waals surface area contributed by atoms with Crippen LogP contribution in [0.1, 0.15) is 25.7 Å². The third kappa shape index (κ3) is 2.71. The number of aromatic nitrogens is 3. The second kappa shape index (κ2) is 5.72. The van der Waals surface area contributed by atoms with E-state index < -0.39 is 0 Å². The summed E-state index contributed by atoms with van der Waals surface area (Å²) in [7, 11) is 0. The van der Waals surface area contributed by atoms with E-state index >= 15 is 0 Å². The van der Waals surface area contributed by atoms with Crippen molar-refractivity contribution in [2.24, 2.45) is 5.92 Å². The Morgan fingerprint density at radius 2 is 2.20 bits per heavy atom. The zero-order valence-corrected chi connectivity index (χ0v) is 14.0. The Bertz CT molecular complexity index is 945. The molecular formula is C19H21N5O. The van der Waals surface area contributed by atoms with Crippen LogP contribution in [0.2, 0.25) is 0 Å². The van der Waals surface area contributed by atoms with Gasteiger partial charge in [-0.05, 0) is 37.3 Å². The van der Waals surface area contributed by atoms with E-state index in [9.17, 15) is 4.79 Å². The van der Waals surface area contributed by atoms with Crippen LogP contribution < -0.4 is 10.2 Å². The molecule has 2 fully saturated rings. The molecule has 1 aliphatic carbocycles. The van der Waals surface area contributed by atoms with Gasteiger partial charge in [0.1, 0.15) is 5.65 Å². The monoisotopic (exact) mass is 335 g/mol. The molecule has 4 heterocycles. The minimum absolute atomic E-state index is 0.214. The number of hydrogen-bond acceptors (Lipinski definition) is 4. The van der Waals surface area contributed by atoms with E-state index in [0.29, 0.717) is 12.3 Å². The molecule has 6 heteroatoms. The Kier molecular flexibility index (Phi) is 3.36. The van der Waals surface area contributed by atoms with E-state index in [2.05, 4.69) is 37.3 Å². The Labute approximate surface area is 145 Å². The van der Waals surface area contributed by atoms with Crippen LogP contribution in [0.15, 0.2) is 30.7 Å². The average Bonchev–Trinajstić information content (AvgIpc) is 3.11. The lowest BCUT2D eigenvalue weighted by molar-refractivity contribution is -0.122. The molecule has 0 bridgehead atoms. The first-order valence-corrected chi connectivity index (χ1v) is 9.03. The van der Waals surface area contributed by atoms with Crippen LogP contribution in [-0.4, -0.2) is 40.0 Å². The smallest absolute Gasteiger partial charge is 0.220 e. The molecule has 3 aromatic rings. The summed E-state index contributed by atoms with van der Waals surface area (Å²) in [5.74, 6) is 0.849. The van der Waals surface area contributed by atoms with Gasteiger partial charge in [0, 0.05) is 54.4 Å². The van der Waals surface area contributed by atoms with E-state index in [1.807, 2.05) is 18.6 Å². The van der Waals surface area contributed by atoms with Crippen LogP contribution in [0.3, 0.4) is 0 Å². The molecular weight excluding hydrogens is 314 g/mol. The standard InChI is InChI=1S/C19H21N5O/c25-17(9-12-1-2-12)23-13-5-8-24(11-13)16-4-7-20-15-10-22-19-14(18(15)16)3-6-21-19/h3-4,6-7,10,12-13H,1-2,5,8-9,11H2,(H,21,22)(H,23,25). The highest BCUT2D eigenvalue weighted by Crippen LogP contribution is 2.34. The number of nitrogens with zero attached hydrogens (tertiary/aromatic N) is 3. The van der Waals surface area contributed by atoms with Crippen molar-refractivity contribution in [3.05, 3.63) is 30.7 Å². The number of nitrogens with one attached hydrogen (secondary N) is 2. The first-order valence-electron chi connectivity index (χ1n) is 9.03. The van der Waals surface area contributed by atoms with Crippen molar-refractivity contribution in [3.8, 4) is 0 Å². The summed E-state index contributed by atoms with van der Waals surface area (Å²) < 4.78 is 0. The molecule has 6 nitrogen and oxygen atoms in total. The summed E-state index contributed by atoms with van der Waals surface area (Å²) in [4.78, 5) is 26.5. The summed E-state index contributed by atoms with van der Waals surface area (Å²) in [6.45, 7) is 1.80. The highest BCUT2D eigenvalue weighted by atomic mass is 16.1. The molecule has 128 valence electrons. The second-order valence-electron chi connectivity index (χ2n) is 7.24. The molecule has 0 aromatic carbocycles.